The summed E-state index contributed by atoms with van der Waals surface area (Å²) in [4.78, 5) is 2.52. The molecule has 1 aliphatic heterocycles. The first-order valence-electron chi connectivity index (χ1n) is 5.90. The van der Waals surface area contributed by atoms with Crippen molar-refractivity contribution in [3.63, 3.8) is 0 Å². The largest absolute Gasteiger partial charge is 0.375 e. The zero-order chi connectivity index (χ0) is 10.5. The fourth-order valence-electron chi connectivity index (χ4n) is 2.18. The molecule has 80 valence electrons. The molecule has 0 radical (unpaired) electrons. The van der Waals surface area contributed by atoms with Gasteiger partial charge in [-0.1, -0.05) is 37.3 Å². The average Bonchev–Trinajstić information content (AvgIpc) is 2.68. The summed E-state index contributed by atoms with van der Waals surface area (Å²) < 4.78 is 0. The van der Waals surface area contributed by atoms with Crippen molar-refractivity contribution in [3.05, 3.63) is 41.6 Å². The number of hydrogen-bond donors (Lipinski definition) is 0. The molecule has 1 fully saturated rings. The molecule has 15 heavy (non-hydrogen) atoms. The lowest BCUT2D eigenvalue weighted by molar-refractivity contribution is 0.395. The van der Waals surface area contributed by atoms with Crippen LogP contribution in [0.3, 0.4) is 0 Å². The van der Waals surface area contributed by atoms with Crippen LogP contribution in [0.15, 0.2) is 36.0 Å². The van der Waals surface area contributed by atoms with E-state index in [1.54, 1.807) is 0 Å². The molecule has 1 heterocycles. The van der Waals surface area contributed by atoms with Gasteiger partial charge < -0.3 is 4.90 Å². The van der Waals surface area contributed by atoms with E-state index in [4.69, 9.17) is 0 Å². The summed E-state index contributed by atoms with van der Waals surface area (Å²) in [7, 11) is 0. The third-order valence-corrected chi connectivity index (χ3v) is 2.89. The lowest BCUT2D eigenvalue weighted by Gasteiger charge is -2.18. The Morgan fingerprint density at radius 3 is 2.80 bits per heavy atom. The molecule has 1 saturated heterocycles. The standard InChI is InChI=1S/C14H19N/c1-2-10-15-11-6-9-14(15)12-13-7-4-3-5-8-13/h3-5,7-8,12H,2,6,9-11H2,1H3/b14-12-. The van der Waals surface area contributed by atoms with Crippen LogP contribution in [0.4, 0.5) is 0 Å². The molecule has 0 spiro atoms. The van der Waals surface area contributed by atoms with E-state index in [9.17, 15) is 0 Å². The van der Waals surface area contributed by atoms with Crippen LogP contribution >= 0.6 is 0 Å². The van der Waals surface area contributed by atoms with E-state index >= 15 is 0 Å². The van der Waals surface area contributed by atoms with Crippen molar-refractivity contribution in [2.24, 2.45) is 0 Å². The summed E-state index contributed by atoms with van der Waals surface area (Å²) in [6.45, 7) is 4.70. The Balaban J connectivity index is 2.12. The number of benzene rings is 1. The molecule has 0 unspecified atom stereocenters. The van der Waals surface area contributed by atoms with E-state index in [0.29, 0.717) is 0 Å². The predicted octanol–water partition coefficient (Wildman–Crippen LogP) is 3.53. The summed E-state index contributed by atoms with van der Waals surface area (Å²) in [5.74, 6) is 0. The Kier molecular flexibility index (Phi) is 3.44. The van der Waals surface area contributed by atoms with Gasteiger partial charge in [0.2, 0.25) is 0 Å². The van der Waals surface area contributed by atoms with Gasteiger partial charge in [-0.25, -0.2) is 0 Å². The van der Waals surface area contributed by atoms with Crippen molar-refractivity contribution in [3.8, 4) is 0 Å². The van der Waals surface area contributed by atoms with Crippen LogP contribution in [-0.4, -0.2) is 18.0 Å². The van der Waals surface area contributed by atoms with Gasteiger partial charge in [0, 0.05) is 18.8 Å². The van der Waals surface area contributed by atoms with Crippen LogP contribution < -0.4 is 0 Å². The Morgan fingerprint density at radius 1 is 1.27 bits per heavy atom. The third kappa shape index (κ3) is 2.62. The van der Waals surface area contributed by atoms with E-state index in [1.807, 2.05) is 0 Å². The van der Waals surface area contributed by atoms with Crippen LogP contribution in [0.1, 0.15) is 31.7 Å². The molecule has 0 aromatic heterocycles. The molecule has 0 amide bonds. The first-order valence-corrected chi connectivity index (χ1v) is 5.90. The summed E-state index contributed by atoms with van der Waals surface area (Å²) in [5, 5.41) is 0. The minimum atomic E-state index is 1.21. The summed E-state index contributed by atoms with van der Waals surface area (Å²) in [6, 6.07) is 10.6. The molecule has 0 bridgehead atoms. The molecular weight excluding hydrogens is 182 g/mol. The highest BCUT2D eigenvalue weighted by atomic mass is 15.1. The fourth-order valence-corrected chi connectivity index (χ4v) is 2.18. The molecular formula is C14H19N. The van der Waals surface area contributed by atoms with Gasteiger partial charge in [0.25, 0.3) is 0 Å². The Labute approximate surface area is 92.4 Å². The number of likely N-dealkylation sites (tertiary alicyclic amines) is 1. The summed E-state index contributed by atoms with van der Waals surface area (Å²) in [5.41, 5.74) is 2.85. The fraction of sp³-hybridized carbons (Fsp3) is 0.429. The van der Waals surface area contributed by atoms with E-state index in [1.165, 1.54) is 43.6 Å². The zero-order valence-corrected chi connectivity index (χ0v) is 9.45. The maximum Gasteiger partial charge on any atom is 0.0178 e. The predicted molar refractivity (Wildman–Crippen MR) is 65.5 cm³/mol. The highest BCUT2D eigenvalue weighted by Gasteiger charge is 2.15. The number of hydrogen-bond acceptors (Lipinski definition) is 1. The number of rotatable bonds is 3. The Morgan fingerprint density at radius 2 is 2.07 bits per heavy atom. The molecule has 0 atom stereocenters. The van der Waals surface area contributed by atoms with E-state index < -0.39 is 0 Å². The normalized spacial score (nSPS) is 18.7. The lowest BCUT2D eigenvalue weighted by Crippen LogP contribution is -2.18. The van der Waals surface area contributed by atoms with Gasteiger partial charge in [-0.05, 0) is 30.9 Å². The topological polar surface area (TPSA) is 3.24 Å². The van der Waals surface area contributed by atoms with E-state index in [2.05, 4.69) is 48.2 Å². The Hall–Kier alpha value is -1.24. The van der Waals surface area contributed by atoms with Crippen LogP contribution in [0.5, 0.6) is 0 Å². The second-order valence-corrected chi connectivity index (χ2v) is 4.14. The van der Waals surface area contributed by atoms with Gasteiger partial charge >= 0.3 is 0 Å². The molecule has 0 N–H and O–H groups in total. The van der Waals surface area contributed by atoms with Gasteiger partial charge in [0.15, 0.2) is 0 Å². The van der Waals surface area contributed by atoms with Gasteiger partial charge in [-0.15, -0.1) is 0 Å². The maximum absolute atomic E-state index is 2.52. The van der Waals surface area contributed by atoms with E-state index in [-0.39, 0.29) is 0 Å². The van der Waals surface area contributed by atoms with Crippen LogP contribution in [0.2, 0.25) is 0 Å². The minimum absolute atomic E-state index is 1.21. The second-order valence-electron chi connectivity index (χ2n) is 4.14. The molecule has 1 aromatic carbocycles. The summed E-state index contributed by atoms with van der Waals surface area (Å²) in [6.07, 6.45) is 6.14. The van der Waals surface area contributed by atoms with Crippen molar-refractivity contribution < 1.29 is 0 Å². The van der Waals surface area contributed by atoms with Crippen LogP contribution in [0, 0.1) is 0 Å². The van der Waals surface area contributed by atoms with Gasteiger partial charge in [-0.2, -0.15) is 0 Å². The number of nitrogens with zero attached hydrogens (tertiary/aromatic N) is 1. The highest BCUT2D eigenvalue weighted by Crippen LogP contribution is 2.23. The molecule has 0 aliphatic carbocycles. The van der Waals surface area contributed by atoms with Crippen molar-refractivity contribution in [1.82, 2.24) is 4.90 Å². The van der Waals surface area contributed by atoms with Crippen molar-refractivity contribution in [2.45, 2.75) is 26.2 Å². The minimum Gasteiger partial charge on any atom is -0.375 e. The van der Waals surface area contributed by atoms with Crippen molar-refractivity contribution >= 4 is 6.08 Å². The number of allylic oxidation sites excluding steroid dienone is 1. The summed E-state index contributed by atoms with van der Waals surface area (Å²) >= 11 is 0. The highest BCUT2D eigenvalue weighted by molar-refractivity contribution is 5.52. The van der Waals surface area contributed by atoms with Crippen LogP contribution in [-0.2, 0) is 0 Å². The smallest absolute Gasteiger partial charge is 0.0178 e. The first kappa shape index (κ1) is 10.3. The lowest BCUT2D eigenvalue weighted by atomic mass is 10.1. The quantitative estimate of drug-likeness (QED) is 0.723. The van der Waals surface area contributed by atoms with Gasteiger partial charge in [0.1, 0.15) is 0 Å². The van der Waals surface area contributed by atoms with Gasteiger partial charge in [-0.3, -0.25) is 0 Å². The molecule has 0 saturated carbocycles. The molecule has 1 aliphatic rings. The van der Waals surface area contributed by atoms with Crippen LogP contribution in [0.25, 0.3) is 6.08 Å². The third-order valence-electron chi connectivity index (χ3n) is 2.89. The SMILES string of the molecule is CCCN1CCC/C1=C/c1ccccc1. The average molecular weight is 201 g/mol. The molecule has 1 heteroatoms. The maximum atomic E-state index is 2.52. The monoisotopic (exact) mass is 201 g/mol. The molecule has 2 rings (SSSR count). The second kappa shape index (κ2) is 5.01. The zero-order valence-electron chi connectivity index (χ0n) is 9.45. The van der Waals surface area contributed by atoms with Gasteiger partial charge in [0.05, 0.1) is 0 Å². The van der Waals surface area contributed by atoms with Crippen molar-refractivity contribution in [1.29, 1.82) is 0 Å². The molecule has 1 nitrogen and oxygen atoms in total. The Bertz CT molecular complexity index is 326. The van der Waals surface area contributed by atoms with E-state index in [0.717, 1.165) is 0 Å². The van der Waals surface area contributed by atoms with Crippen molar-refractivity contribution in [2.75, 3.05) is 13.1 Å². The molecule has 1 aromatic rings. The first-order chi connectivity index (χ1) is 7.40.